The van der Waals surface area contributed by atoms with Crippen molar-refractivity contribution in [2.75, 3.05) is 13.6 Å². The number of hydrogen-bond donors (Lipinski definition) is 1. The number of carbonyl (C=O) groups excluding carboxylic acids is 1. The smallest absolute Gasteiger partial charge is 0.263 e. The summed E-state index contributed by atoms with van der Waals surface area (Å²) >= 11 is 0. The molecule has 0 fully saturated rings. The van der Waals surface area contributed by atoms with E-state index in [0.717, 1.165) is 0 Å². The van der Waals surface area contributed by atoms with E-state index < -0.39 is 18.0 Å². The Morgan fingerprint density at radius 1 is 1.50 bits per heavy atom. The first-order valence-electron chi connectivity index (χ1n) is 5.75. The minimum Gasteiger partial charge on any atom is -0.481 e. The molecule has 1 aromatic rings. The fourth-order valence-electron chi connectivity index (χ4n) is 1.59. The minimum atomic E-state index is -0.726. The maximum absolute atomic E-state index is 12.9. The van der Waals surface area contributed by atoms with Gasteiger partial charge in [-0.3, -0.25) is 4.79 Å². The number of carbonyl (C=O) groups is 1. The first kappa shape index (κ1) is 14.4. The van der Waals surface area contributed by atoms with E-state index in [9.17, 15) is 14.3 Å². The highest BCUT2D eigenvalue weighted by molar-refractivity contribution is 5.80. The summed E-state index contributed by atoms with van der Waals surface area (Å²) in [5.74, 6) is -0.369. The Balaban J connectivity index is 2.59. The molecule has 0 bridgehead atoms. The monoisotopic (exact) mass is 255 g/mol. The molecule has 0 radical (unpaired) electrons. The summed E-state index contributed by atoms with van der Waals surface area (Å²) in [5, 5.41) is 9.20. The molecule has 1 rings (SSSR count). The Hall–Kier alpha value is -1.62. The van der Waals surface area contributed by atoms with Crippen LogP contribution >= 0.6 is 0 Å². The van der Waals surface area contributed by atoms with E-state index in [1.165, 1.54) is 23.1 Å². The van der Waals surface area contributed by atoms with Gasteiger partial charge in [0.25, 0.3) is 5.91 Å². The molecular formula is C13H18FNO3. The van der Waals surface area contributed by atoms with E-state index in [4.69, 9.17) is 4.74 Å². The highest BCUT2D eigenvalue weighted by Crippen LogP contribution is 2.14. The average molecular weight is 255 g/mol. The van der Waals surface area contributed by atoms with Crippen molar-refractivity contribution in [1.82, 2.24) is 4.90 Å². The highest BCUT2D eigenvalue weighted by Gasteiger charge is 2.20. The first-order chi connectivity index (χ1) is 8.40. The van der Waals surface area contributed by atoms with E-state index in [1.807, 2.05) is 0 Å². The summed E-state index contributed by atoms with van der Waals surface area (Å²) in [6, 6.07) is 5.63. The number of aliphatic hydroxyl groups excluding tert-OH is 1. The number of likely N-dealkylation sites (N-methyl/N-ethyl adjacent to an activating group) is 1. The second-order valence-electron chi connectivity index (χ2n) is 4.29. The summed E-state index contributed by atoms with van der Waals surface area (Å²) < 4.78 is 18.3. The van der Waals surface area contributed by atoms with Gasteiger partial charge in [-0.2, -0.15) is 0 Å². The van der Waals surface area contributed by atoms with Gasteiger partial charge in [-0.05, 0) is 26.0 Å². The van der Waals surface area contributed by atoms with Crippen LogP contribution in [0.2, 0.25) is 0 Å². The van der Waals surface area contributed by atoms with Crippen molar-refractivity contribution in [2.45, 2.75) is 26.1 Å². The van der Waals surface area contributed by atoms with Gasteiger partial charge in [0.05, 0.1) is 6.10 Å². The van der Waals surface area contributed by atoms with Gasteiger partial charge >= 0.3 is 0 Å². The number of aliphatic hydroxyl groups is 1. The third kappa shape index (κ3) is 4.33. The van der Waals surface area contributed by atoms with Gasteiger partial charge in [0.1, 0.15) is 11.6 Å². The molecule has 0 aliphatic heterocycles. The fraction of sp³-hybridized carbons (Fsp3) is 0.462. The summed E-state index contributed by atoms with van der Waals surface area (Å²) in [4.78, 5) is 13.2. The van der Waals surface area contributed by atoms with Crippen LogP contribution in [0.4, 0.5) is 4.39 Å². The Labute approximate surface area is 106 Å². The van der Waals surface area contributed by atoms with Gasteiger partial charge in [-0.25, -0.2) is 4.39 Å². The van der Waals surface area contributed by atoms with Crippen molar-refractivity contribution < 1.29 is 19.0 Å². The minimum absolute atomic E-state index is 0.232. The largest absolute Gasteiger partial charge is 0.481 e. The molecule has 0 saturated heterocycles. The molecule has 2 unspecified atom stereocenters. The quantitative estimate of drug-likeness (QED) is 0.866. The third-order valence-corrected chi connectivity index (χ3v) is 2.37. The predicted molar refractivity (Wildman–Crippen MR) is 65.8 cm³/mol. The molecule has 0 spiro atoms. The van der Waals surface area contributed by atoms with E-state index in [2.05, 4.69) is 0 Å². The standard InChI is InChI=1S/C13H18FNO3/c1-9(16)8-15(3)13(17)10(2)18-12-6-4-5-11(14)7-12/h4-7,9-10,16H,8H2,1-3H3. The topological polar surface area (TPSA) is 49.8 Å². The Morgan fingerprint density at radius 2 is 2.17 bits per heavy atom. The number of benzene rings is 1. The van der Waals surface area contributed by atoms with Crippen LogP contribution in [-0.2, 0) is 4.79 Å². The number of ether oxygens (including phenoxy) is 1. The molecule has 1 aromatic carbocycles. The van der Waals surface area contributed by atoms with Crippen molar-refractivity contribution in [1.29, 1.82) is 0 Å². The van der Waals surface area contributed by atoms with Crippen LogP contribution < -0.4 is 4.74 Å². The van der Waals surface area contributed by atoms with Crippen molar-refractivity contribution in [2.24, 2.45) is 0 Å². The number of halogens is 1. The average Bonchev–Trinajstić information content (AvgIpc) is 2.27. The molecule has 0 saturated carbocycles. The second kappa shape index (κ2) is 6.35. The summed E-state index contributed by atoms with van der Waals surface area (Å²) in [6.45, 7) is 3.42. The number of hydrogen-bond acceptors (Lipinski definition) is 3. The molecule has 0 aliphatic carbocycles. The Kier molecular flexibility index (Phi) is 5.09. The van der Waals surface area contributed by atoms with Gasteiger partial charge in [0, 0.05) is 19.7 Å². The lowest BCUT2D eigenvalue weighted by atomic mass is 10.3. The second-order valence-corrected chi connectivity index (χ2v) is 4.29. The van der Waals surface area contributed by atoms with Gasteiger partial charge < -0.3 is 14.7 Å². The third-order valence-electron chi connectivity index (χ3n) is 2.37. The maximum atomic E-state index is 12.9. The van der Waals surface area contributed by atoms with Crippen molar-refractivity contribution in [3.8, 4) is 5.75 Å². The zero-order valence-corrected chi connectivity index (χ0v) is 10.8. The SMILES string of the molecule is CC(O)CN(C)C(=O)C(C)Oc1cccc(F)c1. The predicted octanol–water partition coefficient (Wildman–Crippen LogP) is 1.43. The molecule has 1 N–H and O–H groups in total. The molecular weight excluding hydrogens is 237 g/mol. The highest BCUT2D eigenvalue weighted by atomic mass is 19.1. The van der Waals surface area contributed by atoms with Crippen LogP contribution in [0.1, 0.15) is 13.8 Å². The van der Waals surface area contributed by atoms with E-state index in [0.29, 0.717) is 5.75 Å². The maximum Gasteiger partial charge on any atom is 0.263 e. The van der Waals surface area contributed by atoms with Crippen molar-refractivity contribution >= 4 is 5.91 Å². The molecule has 18 heavy (non-hydrogen) atoms. The lowest BCUT2D eigenvalue weighted by Crippen LogP contribution is -2.41. The van der Waals surface area contributed by atoms with Crippen molar-refractivity contribution in [3.05, 3.63) is 30.1 Å². The van der Waals surface area contributed by atoms with Crippen LogP contribution in [0.5, 0.6) is 5.75 Å². The number of nitrogens with zero attached hydrogens (tertiary/aromatic N) is 1. The van der Waals surface area contributed by atoms with Gasteiger partial charge in [-0.1, -0.05) is 6.07 Å². The zero-order chi connectivity index (χ0) is 13.7. The Morgan fingerprint density at radius 3 is 2.72 bits per heavy atom. The lowest BCUT2D eigenvalue weighted by molar-refractivity contribution is -0.137. The van der Waals surface area contributed by atoms with Crippen molar-refractivity contribution in [3.63, 3.8) is 0 Å². The normalized spacial score (nSPS) is 13.8. The first-order valence-corrected chi connectivity index (χ1v) is 5.75. The van der Waals surface area contributed by atoms with Crippen LogP contribution in [0, 0.1) is 5.82 Å². The molecule has 0 aromatic heterocycles. The summed E-state index contributed by atoms with van der Waals surface area (Å²) in [7, 11) is 1.58. The van der Waals surface area contributed by atoms with Crippen LogP contribution in [-0.4, -0.2) is 41.7 Å². The number of rotatable bonds is 5. The summed E-state index contributed by atoms with van der Waals surface area (Å²) in [6.07, 6.45) is -1.32. The molecule has 5 heteroatoms. The van der Waals surface area contributed by atoms with Crippen LogP contribution in [0.3, 0.4) is 0 Å². The van der Waals surface area contributed by atoms with E-state index in [-0.39, 0.29) is 12.5 Å². The van der Waals surface area contributed by atoms with Crippen LogP contribution in [0.15, 0.2) is 24.3 Å². The molecule has 4 nitrogen and oxygen atoms in total. The molecule has 0 heterocycles. The Bertz CT molecular complexity index is 409. The van der Waals surface area contributed by atoms with Gasteiger partial charge in [-0.15, -0.1) is 0 Å². The molecule has 1 amide bonds. The molecule has 2 atom stereocenters. The zero-order valence-electron chi connectivity index (χ0n) is 10.8. The fourth-order valence-corrected chi connectivity index (χ4v) is 1.59. The van der Waals surface area contributed by atoms with E-state index >= 15 is 0 Å². The lowest BCUT2D eigenvalue weighted by Gasteiger charge is -2.23. The van der Waals surface area contributed by atoms with Gasteiger partial charge in [0.2, 0.25) is 0 Å². The number of amides is 1. The molecule has 100 valence electrons. The summed E-state index contributed by atoms with van der Waals surface area (Å²) in [5.41, 5.74) is 0. The van der Waals surface area contributed by atoms with Gasteiger partial charge in [0.15, 0.2) is 6.10 Å². The molecule has 0 aliphatic rings. The van der Waals surface area contributed by atoms with Crippen LogP contribution in [0.25, 0.3) is 0 Å². The van der Waals surface area contributed by atoms with E-state index in [1.54, 1.807) is 27.0 Å².